The Morgan fingerprint density at radius 3 is 2.33 bits per heavy atom. The molecule has 0 aromatic carbocycles. The largest absolute Gasteiger partial charge is 0.367 e. The summed E-state index contributed by atoms with van der Waals surface area (Å²) in [6.07, 6.45) is 6.79. The number of nitrogens with one attached hydrogen (secondary N) is 2. The van der Waals surface area contributed by atoms with Crippen LogP contribution in [0.4, 0.5) is 11.8 Å². The second kappa shape index (κ2) is 14.8. The summed E-state index contributed by atoms with van der Waals surface area (Å²) in [6.45, 7) is 19.9. The van der Waals surface area contributed by atoms with Crippen molar-refractivity contribution in [3.05, 3.63) is 23.7 Å². The van der Waals surface area contributed by atoms with Crippen molar-refractivity contribution < 1.29 is 0 Å². The summed E-state index contributed by atoms with van der Waals surface area (Å²) < 4.78 is 1.37. The number of anilines is 2. The van der Waals surface area contributed by atoms with Crippen molar-refractivity contribution >= 4 is 57.7 Å². The Morgan fingerprint density at radius 2 is 1.74 bits per heavy atom. The zero-order valence-electron chi connectivity index (χ0n) is 25.5. The van der Waals surface area contributed by atoms with E-state index in [2.05, 4.69) is 69.8 Å². The van der Waals surface area contributed by atoms with Gasteiger partial charge in [0.05, 0.1) is 21.7 Å². The molecular formula is C29H49N7S3. The lowest BCUT2D eigenvalue weighted by Gasteiger charge is -2.27. The lowest BCUT2D eigenvalue weighted by Crippen LogP contribution is -2.40. The van der Waals surface area contributed by atoms with Crippen LogP contribution in [0.1, 0.15) is 79.1 Å². The Balaban J connectivity index is 0.00000127. The van der Waals surface area contributed by atoms with Gasteiger partial charge in [0.25, 0.3) is 0 Å². The van der Waals surface area contributed by atoms with Crippen molar-refractivity contribution in [1.82, 2.24) is 19.9 Å². The maximum atomic E-state index is 6.44. The van der Waals surface area contributed by atoms with E-state index < -0.39 is 0 Å². The average molecular weight is 592 g/mol. The second-order valence-electron chi connectivity index (χ2n) is 11.2. The fourth-order valence-electron chi connectivity index (χ4n) is 4.60. The third kappa shape index (κ3) is 9.47. The molecule has 0 bridgehead atoms. The summed E-state index contributed by atoms with van der Waals surface area (Å²) in [5.41, 5.74) is 10.1. The molecule has 1 aliphatic carbocycles. The Kier molecular flexibility index (Phi) is 12.8. The molecule has 0 spiro atoms. The van der Waals surface area contributed by atoms with Crippen molar-refractivity contribution in [2.75, 3.05) is 29.2 Å². The Hall–Kier alpha value is -1.62. The Morgan fingerprint density at radius 1 is 1.05 bits per heavy atom. The predicted octanol–water partition coefficient (Wildman–Crippen LogP) is 7.60. The number of pyridine rings is 1. The van der Waals surface area contributed by atoms with Gasteiger partial charge in [-0.25, -0.2) is 9.97 Å². The molecule has 7 nitrogen and oxygen atoms in total. The quantitative estimate of drug-likeness (QED) is 0.157. The highest BCUT2D eigenvalue weighted by Crippen LogP contribution is 2.39. The SMILES string of the molecule is CC.CS.Cc1nc(NCCSC(C)(C)C)nc(N[C@H]2CCC(C(C)(C)N)C2)c1-c1nc2c(C)nccc2s1. The molecule has 3 heterocycles. The van der Waals surface area contributed by atoms with E-state index in [0.29, 0.717) is 17.9 Å². The summed E-state index contributed by atoms with van der Waals surface area (Å²) in [5.74, 6) is 3.01. The number of hydrogen-bond acceptors (Lipinski definition) is 10. The molecule has 1 fully saturated rings. The van der Waals surface area contributed by atoms with Gasteiger partial charge in [0.2, 0.25) is 5.95 Å². The van der Waals surface area contributed by atoms with Crippen LogP contribution in [0.25, 0.3) is 20.8 Å². The third-order valence-electron chi connectivity index (χ3n) is 6.54. The van der Waals surface area contributed by atoms with Gasteiger partial charge in [-0.05, 0) is 65.2 Å². The van der Waals surface area contributed by atoms with Gasteiger partial charge in [-0.1, -0.05) is 34.6 Å². The first-order valence-corrected chi connectivity index (χ1v) is 16.6. The van der Waals surface area contributed by atoms with Crippen LogP contribution < -0.4 is 16.4 Å². The summed E-state index contributed by atoms with van der Waals surface area (Å²) in [7, 11) is 0. The first-order chi connectivity index (χ1) is 18.4. The highest BCUT2D eigenvalue weighted by Gasteiger charge is 2.34. The Bertz CT molecular complexity index is 1180. The molecule has 1 unspecified atom stereocenters. The number of aromatic nitrogens is 4. The number of nitrogens with two attached hydrogens (primary N) is 1. The van der Waals surface area contributed by atoms with Crippen molar-refractivity contribution in [1.29, 1.82) is 0 Å². The minimum Gasteiger partial charge on any atom is -0.367 e. The monoisotopic (exact) mass is 591 g/mol. The van der Waals surface area contributed by atoms with Gasteiger partial charge in [0.15, 0.2) is 0 Å². The number of fused-ring (bicyclic) bond motifs is 1. The van der Waals surface area contributed by atoms with E-state index >= 15 is 0 Å². The van der Waals surface area contributed by atoms with E-state index in [-0.39, 0.29) is 10.3 Å². The number of thiazole rings is 1. The number of nitrogens with zero attached hydrogens (tertiary/aromatic N) is 4. The smallest absolute Gasteiger partial charge is 0.224 e. The Labute approximate surface area is 249 Å². The predicted molar refractivity (Wildman–Crippen MR) is 178 cm³/mol. The van der Waals surface area contributed by atoms with Crippen LogP contribution >= 0.6 is 35.7 Å². The topological polar surface area (TPSA) is 102 Å². The molecule has 39 heavy (non-hydrogen) atoms. The minimum atomic E-state index is -0.171. The summed E-state index contributed by atoms with van der Waals surface area (Å²) in [5, 5.41) is 8.14. The molecule has 10 heteroatoms. The summed E-state index contributed by atoms with van der Waals surface area (Å²) >= 11 is 7.13. The lowest BCUT2D eigenvalue weighted by molar-refractivity contribution is 0.326. The summed E-state index contributed by atoms with van der Waals surface area (Å²) in [6, 6.07) is 2.36. The number of thiol groups is 1. The number of aryl methyl sites for hydroxylation is 2. The third-order valence-corrected chi connectivity index (χ3v) is 8.85. The first-order valence-electron chi connectivity index (χ1n) is 13.9. The van der Waals surface area contributed by atoms with Gasteiger partial charge in [-0.2, -0.15) is 29.4 Å². The molecule has 3 aromatic rings. The van der Waals surface area contributed by atoms with Crippen molar-refractivity contribution in [3.63, 3.8) is 0 Å². The fraction of sp³-hybridized carbons (Fsp3) is 0.655. The molecule has 4 rings (SSSR count). The highest BCUT2D eigenvalue weighted by atomic mass is 32.2. The number of rotatable bonds is 8. The van der Waals surface area contributed by atoms with Gasteiger partial charge in [0.1, 0.15) is 16.3 Å². The van der Waals surface area contributed by atoms with Gasteiger partial charge in [-0.15, -0.1) is 11.3 Å². The molecule has 4 N–H and O–H groups in total. The van der Waals surface area contributed by atoms with Gasteiger partial charge in [-0.3, -0.25) is 4.98 Å². The van der Waals surface area contributed by atoms with E-state index in [9.17, 15) is 0 Å². The van der Waals surface area contributed by atoms with Crippen LogP contribution in [-0.2, 0) is 0 Å². The van der Waals surface area contributed by atoms with E-state index in [1.54, 1.807) is 17.6 Å². The zero-order valence-corrected chi connectivity index (χ0v) is 28.0. The molecule has 0 saturated heterocycles. The zero-order chi connectivity index (χ0) is 29.4. The molecule has 0 radical (unpaired) electrons. The van der Waals surface area contributed by atoms with Crippen LogP contribution in [0, 0.1) is 19.8 Å². The molecular weight excluding hydrogens is 543 g/mol. The van der Waals surface area contributed by atoms with Crippen LogP contribution in [0.15, 0.2) is 12.3 Å². The van der Waals surface area contributed by atoms with Crippen LogP contribution in [-0.4, -0.2) is 54.8 Å². The molecule has 3 aromatic heterocycles. The van der Waals surface area contributed by atoms with Crippen molar-refractivity contribution in [3.8, 4) is 10.6 Å². The molecule has 218 valence electrons. The van der Waals surface area contributed by atoms with Crippen LogP contribution in [0.5, 0.6) is 0 Å². The fourth-order valence-corrected chi connectivity index (χ4v) is 6.53. The van der Waals surface area contributed by atoms with Gasteiger partial charge < -0.3 is 16.4 Å². The number of thioether (sulfide) groups is 1. The maximum Gasteiger partial charge on any atom is 0.224 e. The average Bonchev–Trinajstić information content (AvgIpc) is 3.52. The van der Waals surface area contributed by atoms with E-state index in [4.69, 9.17) is 20.7 Å². The summed E-state index contributed by atoms with van der Waals surface area (Å²) in [4.78, 5) is 19.2. The standard InChI is InChI=1S/C26H39N7S2.C2H6.CH4S/c1-15-20(23-32-21-16(2)28-11-10-19(21)35-23)22(31-18-9-8-17(14-18)26(6,7)27)33-24(30-15)29-12-13-34-25(3,4)5;2*1-2/h10-11,17-18H,8-9,12-14,27H2,1-7H3,(H2,29,30,31,33);1-2H3;2H,1H3/t17?,18-;;/m0../s1. The molecule has 0 amide bonds. The minimum absolute atomic E-state index is 0.171. The van der Waals surface area contributed by atoms with Crippen molar-refractivity contribution in [2.24, 2.45) is 11.7 Å². The van der Waals surface area contributed by atoms with Gasteiger partial charge in [0, 0.05) is 34.8 Å². The van der Waals surface area contributed by atoms with Crippen molar-refractivity contribution in [2.45, 2.75) is 97.9 Å². The van der Waals surface area contributed by atoms with Gasteiger partial charge >= 0.3 is 0 Å². The molecule has 1 aliphatic rings. The molecule has 2 atom stereocenters. The molecule has 0 aliphatic heterocycles. The van der Waals surface area contributed by atoms with Crippen LogP contribution in [0.3, 0.4) is 0 Å². The normalized spacial score (nSPS) is 17.2. The van der Waals surface area contributed by atoms with E-state index in [1.807, 2.05) is 44.8 Å². The second-order valence-corrected chi connectivity index (χ2v) is 14.1. The lowest BCUT2D eigenvalue weighted by atomic mass is 9.87. The maximum absolute atomic E-state index is 6.44. The van der Waals surface area contributed by atoms with E-state index in [0.717, 1.165) is 69.6 Å². The van der Waals surface area contributed by atoms with E-state index in [1.165, 1.54) is 0 Å². The highest BCUT2D eigenvalue weighted by molar-refractivity contribution is 8.00. The van der Waals surface area contributed by atoms with Crippen LogP contribution in [0.2, 0.25) is 0 Å². The molecule has 1 saturated carbocycles. The number of hydrogen-bond donors (Lipinski definition) is 4. The first kappa shape index (κ1) is 33.6.